The van der Waals surface area contributed by atoms with Gasteiger partial charge in [0, 0.05) is 32.2 Å². The Balaban J connectivity index is 1.54. The van der Waals surface area contributed by atoms with Gasteiger partial charge in [-0.05, 0) is 37.4 Å². The van der Waals surface area contributed by atoms with Crippen molar-refractivity contribution in [2.75, 3.05) is 39.8 Å². The normalized spacial score (nSPS) is 24.4. The molecule has 19 heavy (non-hydrogen) atoms. The maximum absolute atomic E-state index is 5.43. The second-order valence-electron chi connectivity index (χ2n) is 5.69. The van der Waals surface area contributed by atoms with Crippen LogP contribution < -0.4 is 4.74 Å². The number of ether oxygens (including phenoxy) is 1. The molecule has 2 aliphatic heterocycles. The first-order valence-electron chi connectivity index (χ1n) is 7.45. The van der Waals surface area contributed by atoms with Crippen LogP contribution in [0, 0.1) is 0 Å². The topological polar surface area (TPSA) is 15.7 Å². The van der Waals surface area contributed by atoms with Crippen molar-refractivity contribution in [1.82, 2.24) is 9.80 Å². The van der Waals surface area contributed by atoms with E-state index in [0.29, 0.717) is 0 Å². The van der Waals surface area contributed by atoms with Gasteiger partial charge in [0.1, 0.15) is 5.75 Å². The molecule has 1 aromatic rings. The fourth-order valence-corrected chi connectivity index (χ4v) is 3.45. The molecule has 2 fully saturated rings. The van der Waals surface area contributed by atoms with Crippen LogP contribution in [0.15, 0.2) is 24.3 Å². The van der Waals surface area contributed by atoms with E-state index in [4.69, 9.17) is 4.74 Å². The van der Waals surface area contributed by atoms with E-state index in [0.717, 1.165) is 24.8 Å². The fourth-order valence-electron chi connectivity index (χ4n) is 3.45. The molecule has 2 aliphatic rings. The third-order valence-corrected chi connectivity index (χ3v) is 4.56. The van der Waals surface area contributed by atoms with Crippen molar-refractivity contribution in [3.05, 3.63) is 29.8 Å². The number of methoxy groups -OCH3 is 1. The summed E-state index contributed by atoms with van der Waals surface area (Å²) in [5.41, 5.74) is 1.33. The van der Waals surface area contributed by atoms with Crippen molar-refractivity contribution in [3.8, 4) is 5.75 Å². The van der Waals surface area contributed by atoms with Crippen molar-refractivity contribution < 1.29 is 4.74 Å². The summed E-state index contributed by atoms with van der Waals surface area (Å²) in [6, 6.07) is 9.22. The summed E-state index contributed by atoms with van der Waals surface area (Å²) in [6.07, 6.45) is 3.88. The van der Waals surface area contributed by atoms with E-state index in [1.807, 2.05) is 6.07 Å². The monoisotopic (exact) mass is 260 g/mol. The maximum atomic E-state index is 5.43. The van der Waals surface area contributed by atoms with Gasteiger partial charge in [-0.25, -0.2) is 0 Å². The van der Waals surface area contributed by atoms with E-state index < -0.39 is 0 Å². The number of piperazine rings is 1. The minimum Gasteiger partial charge on any atom is -0.496 e. The SMILES string of the molecule is COc1ccccc1CCN1CCN2CCCC2C1. The third-order valence-electron chi connectivity index (χ3n) is 4.56. The molecule has 2 saturated heterocycles. The van der Waals surface area contributed by atoms with Gasteiger partial charge in [-0.2, -0.15) is 0 Å². The first-order valence-corrected chi connectivity index (χ1v) is 7.45. The molecule has 104 valence electrons. The van der Waals surface area contributed by atoms with Crippen LogP contribution in [0.3, 0.4) is 0 Å². The van der Waals surface area contributed by atoms with Crippen LogP contribution >= 0.6 is 0 Å². The summed E-state index contributed by atoms with van der Waals surface area (Å²) in [7, 11) is 1.76. The molecule has 1 aromatic carbocycles. The number of benzene rings is 1. The number of para-hydroxylation sites is 1. The lowest BCUT2D eigenvalue weighted by Crippen LogP contribution is -2.50. The molecular formula is C16H24N2O. The van der Waals surface area contributed by atoms with Crippen molar-refractivity contribution in [2.24, 2.45) is 0 Å². The second-order valence-corrected chi connectivity index (χ2v) is 5.69. The summed E-state index contributed by atoms with van der Waals surface area (Å²) < 4.78 is 5.43. The maximum Gasteiger partial charge on any atom is 0.122 e. The molecule has 2 heterocycles. The Bertz CT molecular complexity index is 421. The van der Waals surface area contributed by atoms with Crippen molar-refractivity contribution in [3.63, 3.8) is 0 Å². The number of hydrogen-bond donors (Lipinski definition) is 0. The average molecular weight is 260 g/mol. The Labute approximate surface area is 116 Å². The van der Waals surface area contributed by atoms with E-state index in [2.05, 4.69) is 28.0 Å². The van der Waals surface area contributed by atoms with Gasteiger partial charge >= 0.3 is 0 Å². The van der Waals surface area contributed by atoms with Crippen LogP contribution in [-0.4, -0.2) is 55.7 Å². The minimum atomic E-state index is 0.825. The number of nitrogens with zero attached hydrogens (tertiary/aromatic N) is 2. The van der Waals surface area contributed by atoms with E-state index in [9.17, 15) is 0 Å². The molecule has 0 spiro atoms. The predicted molar refractivity (Wildman–Crippen MR) is 77.7 cm³/mol. The van der Waals surface area contributed by atoms with Crippen molar-refractivity contribution >= 4 is 0 Å². The van der Waals surface area contributed by atoms with Crippen LogP contribution in [0.5, 0.6) is 5.75 Å². The lowest BCUT2D eigenvalue weighted by atomic mass is 10.1. The molecule has 0 aliphatic carbocycles. The zero-order valence-corrected chi connectivity index (χ0v) is 11.8. The van der Waals surface area contributed by atoms with Crippen molar-refractivity contribution in [1.29, 1.82) is 0 Å². The fraction of sp³-hybridized carbons (Fsp3) is 0.625. The van der Waals surface area contributed by atoms with Gasteiger partial charge in [-0.3, -0.25) is 4.90 Å². The third kappa shape index (κ3) is 2.93. The number of hydrogen-bond acceptors (Lipinski definition) is 3. The average Bonchev–Trinajstić information content (AvgIpc) is 2.93. The van der Waals surface area contributed by atoms with E-state index >= 15 is 0 Å². The van der Waals surface area contributed by atoms with Gasteiger partial charge in [0.25, 0.3) is 0 Å². The Morgan fingerprint density at radius 2 is 2.11 bits per heavy atom. The second kappa shape index (κ2) is 5.93. The number of fused-ring (bicyclic) bond motifs is 1. The smallest absolute Gasteiger partial charge is 0.122 e. The molecule has 1 unspecified atom stereocenters. The van der Waals surface area contributed by atoms with Gasteiger partial charge in [-0.1, -0.05) is 18.2 Å². The molecule has 0 N–H and O–H groups in total. The van der Waals surface area contributed by atoms with Crippen LogP contribution in [0.4, 0.5) is 0 Å². The molecule has 3 heteroatoms. The zero-order chi connectivity index (χ0) is 13.1. The molecular weight excluding hydrogens is 236 g/mol. The molecule has 0 radical (unpaired) electrons. The Kier molecular flexibility index (Phi) is 4.04. The highest BCUT2D eigenvalue weighted by Crippen LogP contribution is 2.22. The summed E-state index contributed by atoms with van der Waals surface area (Å²) in [4.78, 5) is 5.29. The standard InChI is InChI=1S/C16H24N2O/c1-19-16-7-3-2-5-14(16)8-10-17-11-12-18-9-4-6-15(18)13-17/h2-3,5,7,15H,4,6,8-13H2,1H3. The Hall–Kier alpha value is -1.06. The van der Waals surface area contributed by atoms with Gasteiger partial charge in [0.05, 0.1) is 7.11 Å². The summed E-state index contributed by atoms with van der Waals surface area (Å²) >= 11 is 0. The molecule has 3 nitrogen and oxygen atoms in total. The molecule has 0 saturated carbocycles. The first kappa shape index (κ1) is 12.9. The number of rotatable bonds is 4. The van der Waals surface area contributed by atoms with Crippen LogP contribution in [-0.2, 0) is 6.42 Å². The molecule has 0 amide bonds. The van der Waals surface area contributed by atoms with Crippen LogP contribution in [0.25, 0.3) is 0 Å². The van der Waals surface area contributed by atoms with Crippen LogP contribution in [0.2, 0.25) is 0 Å². The quantitative estimate of drug-likeness (QED) is 0.824. The lowest BCUT2D eigenvalue weighted by molar-refractivity contribution is 0.105. The predicted octanol–water partition coefficient (Wildman–Crippen LogP) is 2.02. The van der Waals surface area contributed by atoms with Gasteiger partial charge in [-0.15, -0.1) is 0 Å². The van der Waals surface area contributed by atoms with Gasteiger partial charge in [0.15, 0.2) is 0 Å². The first-order chi connectivity index (χ1) is 9.36. The van der Waals surface area contributed by atoms with Crippen LogP contribution in [0.1, 0.15) is 18.4 Å². The van der Waals surface area contributed by atoms with Crippen molar-refractivity contribution in [2.45, 2.75) is 25.3 Å². The zero-order valence-electron chi connectivity index (χ0n) is 11.8. The molecule has 0 bridgehead atoms. The molecule has 3 rings (SSSR count). The summed E-state index contributed by atoms with van der Waals surface area (Å²) in [5, 5.41) is 0. The van der Waals surface area contributed by atoms with E-state index in [-0.39, 0.29) is 0 Å². The minimum absolute atomic E-state index is 0.825. The highest BCUT2D eigenvalue weighted by molar-refractivity contribution is 5.33. The molecule has 0 aromatic heterocycles. The lowest BCUT2D eigenvalue weighted by Gasteiger charge is -2.37. The summed E-state index contributed by atoms with van der Waals surface area (Å²) in [6.45, 7) is 6.23. The van der Waals surface area contributed by atoms with Gasteiger partial charge in [0.2, 0.25) is 0 Å². The van der Waals surface area contributed by atoms with E-state index in [1.54, 1.807) is 7.11 Å². The van der Waals surface area contributed by atoms with Gasteiger partial charge < -0.3 is 9.64 Å². The highest BCUT2D eigenvalue weighted by Gasteiger charge is 2.30. The molecule has 1 atom stereocenters. The Morgan fingerprint density at radius 1 is 1.21 bits per heavy atom. The van der Waals surface area contributed by atoms with E-state index in [1.165, 1.54) is 44.6 Å². The Morgan fingerprint density at radius 3 is 3.00 bits per heavy atom. The highest BCUT2D eigenvalue weighted by atomic mass is 16.5. The summed E-state index contributed by atoms with van der Waals surface area (Å²) in [5.74, 6) is 1.03. The largest absolute Gasteiger partial charge is 0.496 e.